The van der Waals surface area contributed by atoms with Crippen LogP contribution in [0.3, 0.4) is 0 Å². The van der Waals surface area contributed by atoms with Crippen LogP contribution in [-0.2, 0) is 6.42 Å². The van der Waals surface area contributed by atoms with Crippen LogP contribution in [-0.4, -0.2) is 26.8 Å². The lowest BCUT2D eigenvalue weighted by molar-refractivity contribution is 0.0949. The van der Waals surface area contributed by atoms with Gasteiger partial charge in [0.25, 0.3) is 5.91 Å². The first-order valence-corrected chi connectivity index (χ1v) is 7.34. The number of nitrogens with zero attached hydrogens (tertiary/aromatic N) is 3. The molecule has 106 valence electrons. The molecule has 1 N–H and O–H groups in total. The van der Waals surface area contributed by atoms with E-state index < -0.39 is 0 Å². The first-order chi connectivity index (χ1) is 10.2. The van der Waals surface area contributed by atoms with Crippen molar-refractivity contribution in [1.82, 2.24) is 19.7 Å². The third-order valence-electron chi connectivity index (χ3n) is 3.03. The minimum Gasteiger partial charge on any atom is -0.350 e. The second kappa shape index (κ2) is 6.05. The van der Waals surface area contributed by atoms with Gasteiger partial charge >= 0.3 is 0 Å². The van der Waals surface area contributed by atoms with Crippen molar-refractivity contribution in [3.63, 3.8) is 0 Å². The van der Waals surface area contributed by atoms with E-state index in [0.29, 0.717) is 18.7 Å². The van der Waals surface area contributed by atoms with Gasteiger partial charge in [-0.15, -0.1) is 0 Å². The molecule has 3 rings (SSSR count). The predicted octanol–water partition coefficient (Wildman–Crippen LogP) is 2.46. The lowest BCUT2D eigenvalue weighted by Gasteiger charge is -2.02. The Morgan fingerprint density at radius 3 is 2.95 bits per heavy atom. The Morgan fingerprint density at radius 2 is 2.14 bits per heavy atom. The van der Waals surface area contributed by atoms with Crippen molar-refractivity contribution in [3.05, 3.63) is 64.8 Å². The average Bonchev–Trinajstić information content (AvgIpc) is 2.89. The van der Waals surface area contributed by atoms with Crippen LogP contribution in [0.15, 0.2) is 53.4 Å². The monoisotopic (exact) mass is 344 g/mol. The van der Waals surface area contributed by atoms with E-state index in [0.717, 1.165) is 15.8 Å². The van der Waals surface area contributed by atoms with Crippen molar-refractivity contribution in [1.29, 1.82) is 0 Å². The van der Waals surface area contributed by atoms with E-state index in [2.05, 4.69) is 31.2 Å². The topological polar surface area (TPSA) is 59.3 Å². The lowest BCUT2D eigenvalue weighted by Crippen LogP contribution is -2.26. The van der Waals surface area contributed by atoms with E-state index in [-0.39, 0.29) is 5.91 Å². The first-order valence-electron chi connectivity index (χ1n) is 6.55. The van der Waals surface area contributed by atoms with E-state index in [4.69, 9.17) is 0 Å². The van der Waals surface area contributed by atoms with Crippen LogP contribution in [0.2, 0.25) is 0 Å². The lowest BCUT2D eigenvalue weighted by atomic mass is 10.3. The SMILES string of the molecule is O=C(NCCc1cn2cc(Br)ccc2n1)c1ccccn1. The molecule has 0 fully saturated rings. The molecule has 21 heavy (non-hydrogen) atoms. The van der Waals surface area contributed by atoms with Crippen LogP contribution < -0.4 is 5.32 Å². The number of rotatable bonds is 4. The van der Waals surface area contributed by atoms with Gasteiger partial charge in [-0.3, -0.25) is 9.78 Å². The van der Waals surface area contributed by atoms with Gasteiger partial charge in [0.2, 0.25) is 0 Å². The van der Waals surface area contributed by atoms with Crippen LogP contribution in [0.25, 0.3) is 5.65 Å². The van der Waals surface area contributed by atoms with E-state index in [1.807, 2.05) is 28.9 Å². The van der Waals surface area contributed by atoms with E-state index >= 15 is 0 Å². The summed E-state index contributed by atoms with van der Waals surface area (Å²) in [7, 11) is 0. The van der Waals surface area contributed by atoms with Crippen molar-refractivity contribution >= 4 is 27.5 Å². The summed E-state index contributed by atoms with van der Waals surface area (Å²) in [6, 6.07) is 9.17. The molecule has 0 saturated heterocycles. The second-order valence-electron chi connectivity index (χ2n) is 4.57. The highest BCUT2D eigenvalue weighted by Gasteiger charge is 2.06. The molecule has 5 nitrogen and oxygen atoms in total. The number of imidazole rings is 1. The van der Waals surface area contributed by atoms with E-state index in [1.165, 1.54) is 0 Å². The molecular formula is C15H13BrN4O. The number of carbonyl (C=O) groups is 1. The number of amides is 1. The third kappa shape index (κ3) is 3.28. The summed E-state index contributed by atoms with van der Waals surface area (Å²) in [4.78, 5) is 20.4. The molecule has 0 aliphatic carbocycles. The van der Waals surface area contributed by atoms with Crippen molar-refractivity contribution in [2.24, 2.45) is 0 Å². The molecule has 3 aromatic rings. The van der Waals surface area contributed by atoms with Crippen LogP contribution in [0, 0.1) is 0 Å². The molecule has 0 atom stereocenters. The fraction of sp³-hybridized carbons (Fsp3) is 0.133. The van der Waals surface area contributed by atoms with Crippen molar-refractivity contribution in [2.45, 2.75) is 6.42 Å². The first kappa shape index (κ1) is 13.8. The Balaban J connectivity index is 1.60. The quantitative estimate of drug-likeness (QED) is 0.790. The van der Waals surface area contributed by atoms with Gasteiger partial charge in [0.1, 0.15) is 11.3 Å². The number of fused-ring (bicyclic) bond motifs is 1. The molecule has 0 aliphatic heterocycles. The minimum atomic E-state index is -0.165. The molecule has 0 saturated carbocycles. The molecule has 0 bridgehead atoms. The van der Waals surface area contributed by atoms with Crippen LogP contribution in [0.4, 0.5) is 0 Å². The van der Waals surface area contributed by atoms with Crippen molar-refractivity contribution < 1.29 is 4.79 Å². The predicted molar refractivity (Wildman–Crippen MR) is 83.2 cm³/mol. The largest absolute Gasteiger partial charge is 0.350 e. The number of halogens is 1. The average molecular weight is 345 g/mol. The molecule has 0 unspecified atom stereocenters. The molecule has 3 aromatic heterocycles. The maximum Gasteiger partial charge on any atom is 0.269 e. The Morgan fingerprint density at radius 1 is 1.24 bits per heavy atom. The molecule has 6 heteroatoms. The van der Waals surface area contributed by atoms with Gasteiger partial charge in [0, 0.05) is 36.0 Å². The fourth-order valence-electron chi connectivity index (χ4n) is 2.03. The van der Waals surface area contributed by atoms with Gasteiger partial charge in [-0.1, -0.05) is 6.07 Å². The number of hydrogen-bond acceptors (Lipinski definition) is 3. The summed E-state index contributed by atoms with van der Waals surface area (Å²) in [5.41, 5.74) is 2.26. The van der Waals surface area contributed by atoms with Crippen LogP contribution in [0.1, 0.15) is 16.2 Å². The summed E-state index contributed by atoms with van der Waals surface area (Å²) in [5.74, 6) is -0.165. The van der Waals surface area contributed by atoms with Gasteiger partial charge in [-0.05, 0) is 40.2 Å². The van der Waals surface area contributed by atoms with Gasteiger partial charge in [-0.25, -0.2) is 4.98 Å². The van der Waals surface area contributed by atoms with E-state index in [1.54, 1.807) is 24.4 Å². The molecule has 0 aromatic carbocycles. The Hall–Kier alpha value is -2.21. The molecule has 1 amide bonds. The third-order valence-corrected chi connectivity index (χ3v) is 3.50. The zero-order valence-corrected chi connectivity index (χ0v) is 12.7. The highest BCUT2D eigenvalue weighted by atomic mass is 79.9. The van der Waals surface area contributed by atoms with Gasteiger partial charge in [-0.2, -0.15) is 0 Å². The number of aromatic nitrogens is 3. The smallest absolute Gasteiger partial charge is 0.269 e. The van der Waals surface area contributed by atoms with Crippen molar-refractivity contribution in [2.75, 3.05) is 6.54 Å². The Kier molecular flexibility index (Phi) is 3.96. The van der Waals surface area contributed by atoms with Gasteiger partial charge in [0.15, 0.2) is 0 Å². The van der Waals surface area contributed by atoms with Crippen LogP contribution in [0.5, 0.6) is 0 Å². The van der Waals surface area contributed by atoms with Crippen molar-refractivity contribution in [3.8, 4) is 0 Å². The van der Waals surface area contributed by atoms with Crippen LogP contribution >= 0.6 is 15.9 Å². The Labute approximate surface area is 130 Å². The fourth-order valence-corrected chi connectivity index (χ4v) is 2.38. The molecule has 0 spiro atoms. The summed E-state index contributed by atoms with van der Waals surface area (Å²) >= 11 is 3.43. The molecular weight excluding hydrogens is 332 g/mol. The normalized spacial score (nSPS) is 10.7. The molecule has 3 heterocycles. The standard InChI is InChI=1S/C15H13BrN4O/c16-11-4-5-14-19-12(10-20(14)9-11)6-8-18-15(21)13-3-1-2-7-17-13/h1-5,7,9-10H,6,8H2,(H,18,21). The van der Waals surface area contributed by atoms with E-state index in [9.17, 15) is 4.79 Å². The maximum absolute atomic E-state index is 11.8. The molecule has 0 radical (unpaired) electrons. The number of hydrogen-bond donors (Lipinski definition) is 1. The zero-order valence-electron chi connectivity index (χ0n) is 11.2. The molecule has 0 aliphatic rings. The number of carbonyl (C=O) groups excluding carboxylic acids is 1. The van der Waals surface area contributed by atoms with Gasteiger partial charge in [0.05, 0.1) is 5.69 Å². The summed E-state index contributed by atoms with van der Waals surface area (Å²) in [6.45, 7) is 0.528. The summed E-state index contributed by atoms with van der Waals surface area (Å²) in [5, 5.41) is 2.84. The maximum atomic E-state index is 11.8. The summed E-state index contributed by atoms with van der Waals surface area (Å²) in [6.07, 6.45) is 6.21. The summed E-state index contributed by atoms with van der Waals surface area (Å²) < 4.78 is 2.96. The zero-order chi connectivity index (χ0) is 14.7. The highest BCUT2D eigenvalue weighted by Crippen LogP contribution is 2.12. The second-order valence-corrected chi connectivity index (χ2v) is 5.48. The Bertz CT molecular complexity index is 770. The number of nitrogens with one attached hydrogen (secondary N) is 1. The number of pyridine rings is 2. The highest BCUT2D eigenvalue weighted by molar-refractivity contribution is 9.10. The van der Waals surface area contributed by atoms with Gasteiger partial charge < -0.3 is 9.72 Å². The minimum absolute atomic E-state index is 0.165.